The molecular formula is C13H12ClNO3S. The molecule has 4 nitrogen and oxygen atoms in total. The van der Waals surface area contributed by atoms with Gasteiger partial charge in [0.25, 0.3) is 10.0 Å². The van der Waals surface area contributed by atoms with Crippen LogP contribution in [0.1, 0.15) is 5.56 Å². The number of sulfonamides is 1. The molecule has 0 amide bonds. The molecule has 0 aliphatic carbocycles. The number of aryl methyl sites for hydroxylation is 1. The summed E-state index contributed by atoms with van der Waals surface area (Å²) >= 11 is 5.86. The molecule has 0 unspecified atom stereocenters. The molecule has 0 saturated heterocycles. The number of halogens is 1. The number of hydrogen-bond donors (Lipinski definition) is 2. The monoisotopic (exact) mass is 297 g/mol. The van der Waals surface area contributed by atoms with Crippen molar-refractivity contribution in [2.75, 3.05) is 4.72 Å². The minimum absolute atomic E-state index is 0.00303. The van der Waals surface area contributed by atoms with E-state index in [-0.39, 0.29) is 21.4 Å². The Morgan fingerprint density at radius 1 is 1.16 bits per heavy atom. The molecule has 6 heteroatoms. The van der Waals surface area contributed by atoms with Crippen molar-refractivity contribution < 1.29 is 13.5 Å². The number of nitrogens with one attached hydrogen (secondary N) is 1. The maximum absolute atomic E-state index is 12.1. The number of hydrogen-bond acceptors (Lipinski definition) is 3. The van der Waals surface area contributed by atoms with E-state index in [9.17, 15) is 13.5 Å². The van der Waals surface area contributed by atoms with Gasteiger partial charge < -0.3 is 5.11 Å². The predicted molar refractivity (Wildman–Crippen MR) is 75.1 cm³/mol. The van der Waals surface area contributed by atoms with Crippen LogP contribution in [0.5, 0.6) is 5.75 Å². The van der Waals surface area contributed by atoms with Gasteiger partial charge in [-0.25, -0.2) is 8.42 Å². The largest absolute Gasteiger partial charge is 0.508 e. The molecule has 100 valence electrons. The van der Waals surface area contributed by atoms with Crippen molar-refractivity contribution in [2.24, 2.45) is 0 Å². The van der Waals surface area contributed by atoms with Gasteiger partial charge in [0.1, 0.15) is 10.6 Å². The fourth-order valence-corrected chi connectivity index (χ4v) is 3.12. The number of benzene rings is 2. The Labute approximate surface area is 116 Å². The van der Waals surface area contributed by atoms with Crippen LogP contribution >= 0.6 is 11.6 Å². The van der Waals surface area contributed by atoms with Crippen LogP contribution in [0.4, 0.5) is 5.69 Å². The van der Waals surface area contributed by atoms with Crippen molar-refractivity contribution in [3.8, 4) is 5.75 Å². The van der Waals surface area contributed by atoms with Gasteiger partial charge in [-0.3, -0.25) is 4.72 Å². The third-order valence-corrected chi connectivity index (χ3v) is 4.47. The highest BCUT2D eigenvalue weighted by molar-refractivity contribution is 7.92. The van der Waals surface area contributed by atoms with E-state index in [0.717, 1.165) is 0 Å². The van der Waals surface area contributed by atoms with Crippen LogP contribution in [-0.2, 0) is 10.0 Å². The molecule has 19 heavy (non-hydrogen) atoms. The van der Waals surface area contributed by atoms with Crippen LogP contribution in [0.15, 0.2) is 47.4 Å². The van der Waals surface area contributed by atoms with E-state index in [1.165, 1.54) is 18.2 Å². The zero-order valence-electron chi connectivity index (χ0n) is 10.1. The van der Waals surface area contributed by atoms with Crippen molar-refractivity contribution in [3.63, 3.8) is 0 Å². The summed E-state index contributed by atoms with van der Waals surface area (Å²) < 4.78 is 26.7. The molecule has 0 bridgehead atoms. The smallest absolute Gasteiger partial charge is 0.263 e. The number of phenols is 1. The topological polar surface area (TPSA) is 66.4 Å². The number of rotatable bonds is 3. The Morgan fingerprint density at radius 2 is 1.84 bits per heavy atom. The lowest BCUT2D eigenvalue weighted by atomic mass is 10.2. The summed E-state index contributed by atoms with van der Waals surface area (Å²) in [4.78, 5) is -0.00303. The second-order valence-corrected chi connectivity index (χ2v) is 6.10. The molecule has 0 fully saturated rings. The van der Waals surface area contributed by atoms with Gasteiger partial charge in [0.05, 0.1) is 10.7 Å². The molecule has 0 atom stereocenters. The normalized spacial score (nSPS) is 11.3. The summed E-state index contributed by atoms with van der Waals surface area (Å²) in [6.45, 7) is 1.72. The number of aromatic hydroxyl groups is 1. The molecule has 0 heterocycles. The average molecular weight is 298 g/mol. The summed E-state index contributed by atoms with van der Waals surface area (Å²) in [6, 6.07) is 10.7. The van der Waals surface area contributed by atoms with Gasteiger partial charge in [-0.15, -0.1) is 0 Å². The van der Waals surface area contributed by atoms with E-state index in [0.29, 0.717) is 5.56 Å². The molecule has 0 spiro atoms. The van der Waals surface area contributed by atoms with Gasteiger partial charge in [0.2, 0.25) is 0 Å². The van der Waals surface area contributed by atoms with E-state index in [4.69, 9.17) is 11.6 Å². The summed E-state index contributed by atoms with van der Waals surface area (Å²) in [6.07, 6.45) is 0. The van der Waals surface area contributed by atoms with E-state index in [2.05, 4.69) is 4.72 Å². The van der Waals surface area contributed by atoms with Crippen LogP contribution in [0.25, 0.3) is 0 Å². The van der Waals surface area contributed by atoms with E-state index >= 15 is 0 Å². The second kappa shape index (κ2) is 5.11. The Balaban J connectivity index is 2.37. The molecule has 2 aromatic carbocycles. The fraction of sp³-hybridized carbons (Fsp3) is 0.0769. The standard InChI is InChI=1S/C13H12ClNO3S/c1-9-6-7-10(8-12(9)16)15-19(17,18)13-5-3-2-4-11(13)14/h2-8,15-16H,1H3. The highest BCUT2D eigenvalue weighted by atomic mass is 35.5. The van der Waals surface area contributed by atoms with Crippen LogP contribution in [0, 0.1) is 6.92 Å². The SMILES string of the molecule is Cc1ccc(NS(=O)(=O)c2ccccc2Cl)cc1O. The van der Waals surface area contributed by atoms with E-state index in [1.54, 1.807) is 31.2 Å². The lowest BCUT2D eigenvalue weighted by Crippen LogP contribution is -2.13. The third-order valence-electron chi connectivity index (χ3n) is 2.59. The highest BCUT2D eigenvalue weighted by Gasteiger charge is 2.17. The third kappa shape index (κ3) is 3.00. The van der Waals surface area contributed by atoms with Gasteiger partial charge in [-0.05, 0) is 30.7 Å². The van der Waals surface area contributed by atoms with Gasteiger partial charge in [0, 0.05) is 6.07 Å². The summed E-state index contributed by atoms with van der Waals surface area (Å²) in [5, 5.41) is 9.71. The van der Waals surface area contributed by atoms with Gasteiger partial charge in [-0.2, -0.15) is 0 Å². The van der Waals surface area contributed by atoms with Crippen LogP contribution in [-0.4, -0.2) is 13.5 Å². The average Bonchev–Trinajstić information content (AvgIpc) is 2.34. The molecule has 0 aliphatic rings. The van der Waals surface area contributed by atoms with Crippen molar-refractivity contribution in [1.82, 2.24) is 0 Å². The van der Waals surface area contributed by atoms with Crippen molar-refractivity contribution in [1.29, 1.82) is 0 Å². The summed E-state index contributed by atoms with van der Waals surface area (Å²) in [7, 11) is -3.77. The van der Waals surface area contributed by atoms with Gasteiger partial charge >= 0.3 is 0 Å². The minimum atomic E-state index is -3.77. The lowest BCUT2D eigenvalue weighted by Gasteiger charge is -2.10. The fourth-order valence-electron chi connectivity index (χ4n) is 1.55. The lowest BCUT2D eigenvalue weighted by molar-refractivity contribution is 0.471. The van der Waals surface area contributed by atoms with Gasteiger partial charge in [-0.1, -0.05) is 29.8 Å². The second-order valence-electron chi connectivity index (χ2n) is 4.04. The highest BCUT2D eigenvalue weighted by Crippen LogP contribution is 2.26. The molecular weight excluding hydrogens is 286 g/mol. The number of anilines is 1. The van der Waals surface area contributed by atoms with Crippen molar-refractivity contribution in [3.05, 3.63) is 53.1 Å². The molecule has 2 N–H and O–H groups in total. The first-order valence-electron chi connectivity index (χ1n) is 5.47. The van der Waals surface area contributed by atoms with Crippen LogP contribution in [0.2, 0.25) is 5.02 Å². The van der Waals surface area contributed by atoms with Crippen LogP contribution in [0.3, 0.4) is 0 Å². The van der Waals surface area contributed by atoms with Crippen molar-refractivity contribution >= 4 is 27.3 Å². The first-order chi connectivity index (χ1) is 8.90. The maximum atomic E-state index is 12.1. The number of phenolic OH excluding ortho intramolecular Hbond substituents is 1. The predicted octanol–water partition coefficient (Wildman–Crippen LogP) is 3.15. The Bertz CT molecular complexity index is 714. The molecule has 2 aromatic rings. The zero-order chi connectivity index (χ0) is 14.0. The molecule has 0 aliphatic heterocycles. The van der Waals surface area contributed by atoms with Crippen molar-refractivity contribution in [2.45, 2.75) is 11.8 Å². The first-order valence-corrected chi connectivity index (χ1v) is 7.33. The Morgan fingerprint density at radius 3 is 2.47 bits per heavy atom. The molecule has 2 rings (SSSR count). The molecule has 0 saturated carbocycles. The zero-order valence-corrected chi connectivity index (χ0v) is 11.7. The quantitative estimate of drug-likeness (QED) is 0.914. The molecule has 0 aromatic heterocycles. The summed E-state index contributed by atoms with van der Waals surface area (Å²) in [5.74, 6) is 0.0272. The maximum Gasteiger partial charge on any atom is 0.263 e. The van der Waals surface area contributed by atoms with Crippen LogP contribution < -0.4 is 4.72 Å². The Hall–Kier alpha value is -1.72. The minimum Gasteiger partial charge on any atom is -0.508 e. The molecule has 0 radical (unpaired) electrons. The Kier molecular flexibility index (Phi) is 3.68. The van der Waals surface area contributed by atoms with E-state index < -0.39 is 10.0 Å². The van der Waals surface area contributed by atoms with Gasteiger partial charge in [0.15, 0.2) is 0 Å². The first kappa shape index (κ1) is 13.7. The summed E-state index contributed by atoms with van der Waals surface area (Å²) in [5.41, 5.74) is 0.948. The van der Waals surface area contributed by atoms with E-state index in [1.807, 2.05) is 0 Å².